The van der Waals surface area contributed by atoms with Crippen molar-refractivity contribution in [2.75, 3.05) is 18.2 Å². The van der Waals surface area contributed by atoms with Crippen molar-refractivity contribution in [1.82, 2.24) is 0 Å². The molecule has 2 aromatic rings. The van der Waals surface area contributed by atoms with E-state index in [2.05, 4.69) is 5.32 Å². The summed E-state index contributed by atoms with van der Waals surface area (Å²) in [6, 6.07) is 10.7. The van der Waals surface area contributed by atoms with Crippen LogP contribution in [-0.2, 0) is 10.5 Å². The minimum atomic E-state index is -0.384. The van der Waals surface area contributed by atoms with Gasteiger partial charge in [-0.1, -0.05) is 18.2 Å². The second-order valence-electron chi connectivity index (χ2n) is 5.26. The number of hydrogen-bond donors (Lipinski definition) is 1. The number of hydrogen-bond acceptors (Lipinski definition) is 3. The van der Waals surface area contributed by atoms with Gasteiger partial charge >= 0.3 is 0 Å². The highest BCUT2D eigenvalue weighted by atomic mass is 32.2. The second kappa shape index (κ2) is 8.02. The normalized spacial score (nSPS) is 10.4. The van der Waals surface area contributed by atoms with Gasteiger partial charge in [0.25, 0.3) is 0 Å². The molecule has 0 unspecified atom stereocenters. The molecule has 0 bridgehead atoms. The Kier molecular flexibility index (Phi) is 6.04. The summed E-state index contributed by atoms with van der Waals surface area (Å²) in [6.45, 7) is 4.00. The van der Waals surface area contributed by atoms with Gasteiger partial charge in [0.2, 0.25) is 5.91 Å². The fraction of sp³-hybridized carbons (Fsp3) is 0.278. The van der Waals surface area contributed by atoms with E-state index < -0.39 is 0 Å². The summed E-state index contributed by atoms with van der Waals surface area (Å²) in [5.74, 6) is 0.678. The molecule has 5 heteroatoms. The summed E-state index contributed by atoms with van der Waals surface area (Å²) >= 11 is 1.45. The van der Waals surface area contributed by atoms with Crippen molar-refractivity contribution in [1.29, 1.82) is 0 Å². The van der Waals surface area contributed by atoms with Gasteiger partial charge in [0.15, 0.2) is 11.6 Å². The first-order valence-corrected chi connectivity index (χ1v) is 8.43. The third-order valence-electron chi connectivity index (χ3n) is 3.60. The molecule has 1 amide bonds. The van der Waals surface area contributed by atoms with Crippen LogP contribution in [-0.4, -0.2) is 18.8 Å². The molecular weight excluding hydrogens is 313 g/mol. The van der Waals surface area contributed by atoms with Crippen LogP contribution in [0.1, 0.15) is 16.7 Å². The Bertz CT molecular complexity index is 703. The molecule has 0 aromatic heterocycles. The molecule has 1 N–H and O–H groups in total. The molecule has 0 aliphatic carbocycles. The molecule has 0 radical (unpaired) electrons. The number of methoxy groups -OCH3 is 1. The van der Waals surface area contributed by atoms with Gasteiger partial charge in [0.05, 0.1) is 12.9 Å². The van der Waals surface area contributed by atoms with Crippen LogP contribution in [0.5, 0.6) is 5.75 Å². The van der Waals surface area contributed by atoms with Crippen LogP contribution in [0.4, 0.5) is 10.1 Å². The van der Waals surface area contributed by atoms with Gasteiger partial charge in [0, 0.05) is 11.4 Å². The minimum Gasteiger partial charge on any atom is -0.494 e. The molecule has 0 heterocycles. The molecule has 0 aliphatic heterocycles. The lowest BCUT2D eigenvalue weighted by atomic mass is 10.1. The maximum atomic E-state index is 13.6. The number of halogens is 1. The Balaban J connectivity index is 1.85. The van der Waals surface area contributed by atoms with E-state index in [0.717, 1.165) is 22.4 Å². The molecule has 2 aromatic carbocycles. The standard InChI is InChI=1S/C18H20FNO2S/c1-12-5-4-6-16(13(12)2)20-18(21)11-23-10-14-7-8-17(22-3)15(19)9-14/h4-9H,10-11H2,1-3H3,(H,20,21). The van der Waals surface area contributed by atoms with Crippen LogP contribution in [0.25, 0.3) is 0 Å². The van der Waals surface area contributed by atoms with Crippen LogP contribution in [0, 0.1) is 19.7 Å². The summed E-state index contributed by atoms with van der Waals surface area (Å²) in [5, 5.41) is 2.91. The third kappa shape index (κ3) is 4.73. The summed E-state index contributed by atoms with van der Waals surface area (Å²) in [6.07, 6.45) is 0. The number of carbonyl (C=O) groups excluding carboxylic acids is 1. The summed E-state index contributed by atoms with van der Waals surface area (Å²) in [7, 11) is 1.43. The Morgan fingerprint density at radius 1 is 1.26 bits per heavy atom. The molecule has 0 spiro atoms. The first kappa shape index (κ1) is 17.3. The predicted molar refractivity (Wildman–Crippen MR) is 93.7 cm³/mol. The lowest BCUT2D eigenvalue weighted by Crippen LogP contribution is -2.15. The number of rotatable bonds is 6. The molecule has 0 saturated heterocycles. The molecule has 0 atom stereocenters. The zero-order valence-electron chi connectivity index (χ0n) is 13.5. The fourth-order valence-electron chi connectivity index (χ4n) is 2.13. The van der Waals surface area contributed by atoms with Crippen LogP contribution >= 0.6 is 11.8 Å². The van der Waals surface area contributed by atoms with E-state index in [1.807, 2.05) is 32.0 Å². The third-order valence-corrected chi connectivity index (χ3v) is 4.60. The molecule has 0 fully saturated rings. The number of nitrogens with one attached hydrogen (secondary N) is 1. The first-order chi connectivity index (χ1) is 11.0. The van der Waals surface area contributed by atoms with E-state index in [4.69, 9.17) is 4.74 Å². The minimum absolute atomic E-state index is 0.0577. The number of thioether (sulfide) groups is 1. The van der Waals surface area contributed by atoms with E-state index in [1.165, 1.54) is 24.9 Å². The van der Waals surface area contributed by atoms with E-state index >= 15 is 0 Å². The van der Waals surface area contributed by atoms with Gasteiger partial charge in [0.1, 0.15) is 0 Å². The zero-order chi connectivity index (χ0) is 16.8. The quantitative estimate of drug-likeness (QED) is 0.855. The van der Waals surface area contributed by atoms with Crippen LogP contribution in [0.2, 0.25) is 0 Å². The molecule has 122 valence electrons. The van der Waals surface area contributed by atoms with E-state index in [-0.39, 0.29) is 17.5 Å². The van der Waals surface area contributed by atoms with Gasteiger partial charge in [-0.2, -0.15) is 0 Å². The van der Waals surface area contributed by atoms with E-state index in [0.29, 0.717) is 11.5 Å². The smallest absolute Gasteiger partial charge is 0.234 e. The maximum Gasteiger partial charge on any atom is 0.234 e. The number of aryl methyl sites for hydroxylation is 1. The highest BCUT2D eigenvalue weighted by Crippen LogP contribution is 2.22. The summed E-state index contributed by atoms with van der Waals surface area (Å²) in [5.41, 5.74) is 3.88. The topological polar surface area (TPSA) is 38.3 Å². The number of anilines is 1. The monoisotopic (exact) mass is 333 g/mol. The summed E-state index contributed by atoms with van der Waals surface area (Å²) in [4.78, 5) is 12.0. The highest BCUT2D eigenvalue weighted by molar-refractivity contribution is 7.99. The SMILES string of the molecule is COc1ccc(CSCC(=O)Nc2cccc(C)c2C)cc1F. The zero-order valence-corrected chi connectivity index (χ0v) is 14.3. The van der Waals surface area contributed by atoms with Crippen molar-refractivity contribution < 1.29 is 13.9 Å². The van der Waals surface area contributed by atoms with Gasteiger partial charge in [-0.25, -0.2) is 4.39 Å². The number of amides is 1. The molecular formula is C18H20FNO2S. The Morgan fingerprint density at radius 3 is 2.74 bits per heavy atom. The van der Waals surface area contributed by atoms with E-state index in [9.17, 15) is 9.18 Å². The number of benzene rings is 2. The van der Waals surface area contributed by atoms with Gasteiger partial charge in [-0.3, -0.25) is 4.79 Å². The Morgan fingerprint density at radius 2 is 2.04 bits per heavy atom. The van der Waals surface area contributed by atoms with Gasteiger partial charge in [-0.05, 0) is 48.7 Å². The molecule has 23 heavy (non-hydrogen) atoms. The Hall–Kier alpha value is -2.01. The van der Waals surface area contributed by atoms with Crippen LogP contribution < -0.4 is 10.1 Å². The van der Waals surface area contributed by atoms with Crippen LogP contribution in [0.3, 0.4) is 0 Å². The van der Waals surface area contributed by atoms with Crippen molar-refractivity contribution in [3.8, 4) is 5.75 Å². The first-order valence-electron chi connectivity index (χ1n) is 7.27. The lowest BCUT2D eigenvalue weighted by Gasteiger charge is -2.10. The molecule has 2 rings (SSSR count). The molecule has 0 aliphatic rings. The van der Waals surface area contributed by atoms with Crippen LogP contribution in [0.15, 0.2) is 36.4 Å². The van der Waals surface area contributed by atoms with Crippen molar-refractivity contribution in [2.24, 2.45) is 0 Å². The highest BCUT2D eigenvalue weighted by Gasteiger charge is 2.07. The molecule has 0 saturated carbocycles. The average molecular weight is 333 g/mol. The number of carbonyl (C=O) groups is 1. The maximum absolute atomic E-state index is 13.6. The summed E-state index contributed by atoms with van der Waals surface area (Å²) < 4.78 is 18.5. The largest absolute Gasteiger partial charge is 0.494 e. The van der Waals surface area contributed by atoms with Gasteiger partial charge < -0.3 is 10.1 Å². The van der Waals surface area contributed by atoms with Crippen molar-refractivity contribution in [3.63, 3.8) is 0 Å². The second-order valence-corrected chi connectivity index (χ2v) is 6.24. The van der Waals surface area contributed by atoms with Crippen molar-refractivity contribution in [2.45, 2.75) is 19.6 Å². The lowest BCUT2D eigenvalue weighted by molar-refractivity contribution is -0.113. The number of ether oxygens (including phenoxy) is 1. The fourth-order valence-corrected chi connectivity index (χ4v) is 2.91. The van der Waals surface area contributed by atoms with Gasteiger partial charge in [-0.15, -0.1) is 11.8 Å². The predicted octanol–water partition coefficient (Wildman–Crippen LogP) is 4.32. The molecule has 3 nitrogen and oxygen atoms in total. The average Bonchev–Trinajstić information content (AvgIpc) is 2.52. The van der Waals surface area contributed by atoms with Crippen molar-refractivity contribution >= 4 is 23.4 Å². The Labute approximate surface area is 140 Å². The van der Waals surface area contributed by atoms with Crippen molar-refractivity contribution in [3.05, 3.63) is 58.9 Å². The van der Waals surface area contributed by atoms with E-state index in [1.54, 1.807) is 12.1 Å².